The minimum atomic E-state index is 0.397. The number of ketones is 1. The Morgan fingerprint density at radius 3 is 2.67 bits per heavy atom. The van der Waals surface area contributed by atoms with E-state index in [1.165, 1.54) is 5.56 Å². The molecule has 0 amide bonds. The Morgan fingerprint density at radius 2 is 2.07 bits per heavy atom. The van der Waals surface area contributed by atoms with Crippen LogP contribution < -0.4 is 0 Å². The molecule has 3 nitrogen and oxygen atoms in total. The molecule has 0 saturated carbocycles. The number of nitrogens with zero attached hydrogens (tertiary/aromatic N) is 2. The molecule has 2 heterocycles. The van der Waals surface area contributed by atoms with E-state index in [0.29, 0.717) is 18.6 Å². The molecule has 0 aromatic carbocycles. The number of hydrogen-bond acceptors (Lipinski definition) is 3. The van der Waals surface area contributed by atoms with Gasteiger partial charge in [-0.05, 0) is 18.6 Å². The Bertz CT molecular complexity index is 335. The van der Waals surface area contributed by atoms with Crippen LogP contribution in [-0.4, -0.2) is 28.8 Å². The van der Waals surface area contributed by atoms with Gasteiger partial charge in [0.25, 0.3) is 0 Å². The van der Waals surface area contributed by atoms with E-state index in [9.17, 15) is 4.79 Å². The molecule has 1 aliphatic heterocycles. The predicted molar refractivity (Wildman–Crippen MR) is 58.5 cm³/mol. The van der Waals surface area contributed by atoms with Gasteiger partial charge in [-0.25, -0.2) is 0 Å². The van der Waals surface area contributed by atoms with Crippen molar-refractivity contribution in [1.29, 1.82) is 0 Å². The van der Waals surface area contributed by atoms with E-state index in [0.717, 1.165) is 25.3 Å². The Hall–Kier alpha value is -1.22. The van der Waals surface area contributed by atoms with E-state index in [1.54, 1.807) is 0 Å². The summed E-state index contributed by atoms with van der Waals surface area (Å²) in [7, 11) is 0. The largest absolute Gasteiger partial charge is 0.300 e. The first kappa shape index (κ1) is 10.3. The fourth-order valence-electron chi connectivity index (χ4n) is 1.81. The average Bonchev–Trinajstić information content (AvgIpc) is 2.25. The van der Waals surface area contributed by atoms with E-state index in [1.807, 2.05) is 19.2 Å². The van der Waals surface area contributed by atoms with Crippen molar-refractivity contribution in [2.24, 2.45) is 0 Å². The van der Waals surface area contributed by atoms with E-state index in [4.69, 9.17) is 0 Å². The van der Waals surface area contributed by atoms with Crippen LogP contribution in [0.1, 0.15) is 24.1 Å². The van der Waals surface area contributed by atoms with Gasteiger partial charge in [0.1, 0.15) is 5.78 Å². The van der Waals surface area contributed by atoms with Crippen LogP contribution in [0, 0.1) is 6.92 Å². The fourth-order valence-corrected chi connectivity index (χ4v) is 1.81. The molecule has 15 heavy (non-hydrogen) atoms. The monoisotopic (exact) mass is 204 g/mol. The molecule has 1 fully saturated rings. The molecule has 0 unspecified atom stereocenters. The van der Waals surface area contributed by atoms with Crippen LogP contribution >= 0.6 is 0 Å². The molecule has 0 bridgehead atoms. The van der Waals surface area contributed by atoms with E-state index < -0.39 is 0 Å². The van der Waals surface area contributed by atoms with Gasteiger partial charge in [-0.2, -0.15) is 0 Å². The van der Waals surface area contributed by atoms with Crippen LogP contribution in [-0.2, 0) is 11.3 Å². The minimum Gasteiger partial charge on any atom is -0.300 e. The number of pyridine rings is 1. The van der Waals surface area contributed by atoms with Crippen LogP contribution in [0.5, 0.6) is 0 Å². The van der Waals surface area contributed by atoms with Crippen LogP contribution in [0.25, 0.3) is 0 Å². The lowest BCUT2D eigenvalue weighted by molar-refractivity contribution is -0.121. The molecule has 1 aliphatic rings. The molecule has 1 saturated heterocycles. The van der Waals surface area contributed by atoms with Crippen molar-refractivity contribution in [2.75, 3.05) is 13.1 Å². The maximum atomic E-state index is 11.1. The summed E-state index contributed by atoms with van der Waals surface area (Å²) in [6.45, 7) is 4.70. The standard InChI is InChI=1S/C12H16N2O/c1-10-2-3-11(8-13-10)9-14-6-4-12(15)5-7-14/h2-3,8H,4-7,9H2,1H3. The molecule has 80 valence electrons. The Kier molecular flexibility index (Phi) is 3.11. The van der Waals surface area contributed by atoms with Crippen molar-refractivity contribution in [3.8, 4) is 0 Å². The van der Waals surface area contributed by atoms with Gasteiger partial charge in [0.2, 0.25) is 0 Å². The number of Topliss-reactive ketones (excluding diaryl/α,β-unsaturated/α-hetero) is 1. The Morgan fingerprint density at radius 1 is 1.33 bits per heavy atom. The number of aryl methyl sites for hydroxylation is 1. The van der Waals surface area contributed by atoms with Gasteiger partial charge in [0.05, 0.1) is 0 Å². The summed E-state index contributed by atoms with van der Waals surface area (Å²) < 4.78 is 0. The third-order valence-corrected chi connectivity index (χ3v) is 2.79. The van der Waals surface area contributed by atoms with E-state index in [2.05, 4.69) is 16.0 Å². The molecule has 0 aliphatic carbocycles. The lowest BCUT2D eigenvalue weighted by atomic mass is 10.1. The Balaban J connectivity index is 1.91. The van der Waals surface area contributed by atoms with Crippen LogP contribution in [0.15, 0.2) is 18.3 Å². The number of piperidine rings is 1. The molecule has 1 aromatic heterocycles. The summed E-state index contributed by atoms with van der Waals surface area (Å²) in [6.07, 6.45) is 3.34. The number of carbonyl (C=O) groups excluding carboxylic acids is 1. The summed E-state index contributed by atoms with van der Waals surface area (Å²) >= 11 is 0. The predicted octanol–water partition coefficient (Wildman–Crippen LogP) is 1.55. The summed E-state index contributed by atoms with van der Waals surface area (Å²) in [5.74, 6) is 0.397. The van der Waals surface area contributed by atoms with Crippen LogP contribution in [0.2, 0.25) is 0 Å². The first-order valence-electron chi connectivity index (χ1n) is 5.39. The summed E-state index contributed by atoms with van der Waals surface area (Å²) in [6, 6.07) is 4.14. The highest BCUT2D eigenvalue weighted by molar-refractivity contribution is 5.79. The lowest BCUT2D eigenvalue weighted by Crippen LogP contribution is -2.33. The fraction of sp³-hybridized carbons (Fsp3) is 0.500. The number of carbonyl (C=O) groups is 1. The zero-order valence-electron chi connectivity index (χ0n) is 9.07. The maximum Gasteiger partial charge on any atom is 0.135 e. The Labute approximate surface area is 90.1 Å². The number of likely N-dealkylation sites (tertiary alicyclic amines) is 1. The topological polar surface area (TPSA) is 33.2 Å². The summed E-state index contributed by atoms with van der Waals surface area (Å²) in [5, 5.41) is 0. The van der Waals surface area contributed by atoms with Gasteiger partial charge >= 0.3 is 0 Å². The minimum absolute atomic E-state index is 0.397. The third-order valence-electron chi connectivity index (χ3n) is 2.79. The van der Waals surface area contributed by atoms with E-state index in [-0.39, 0.29) is 0 Å². The normalized spacial score (nSPS) is 18.1. The van der Waals surface area contributed by atoms with Crippen molar-refractivity contribution in [3.63, 3.8) is 0 Å². The molecule has 0 N–H and O–H groups in total. The first-order valence-corrected chi connectivity index (χ1v) is 5.39. The highest BCUT2D eigenvalue weighted by Crippen LogP contribution is 2.10. The smallest absolute Gasteiger partial charge is 0.135 e. The molecule has 0 atom stereocenters. The maximum absolute atomic E-state index is 11.1. The van der Waals surface area contributed by atoms with Crippen molar-refractivity contribution in [3.05, 3.63) is 29.6 Å². The second kappa shape index (κ2) is 4.53. The van der Waals surface area contributed by atoms with Crippen LogP contribution in [0.4, 0.5) is 0 Å². The molecular weight excluding hydrogens is 188 g/mol. The van der Waals surface area contributed by atoms with Gasteiger partial charge in [0, 0.05) is 44.4 Å². The van der Waals surface area contributed by atoms with E-state index >= 15 is 0 Å². The summed E-state index contributed by atoms with van der Waals surface area (Å²) in [4.78, 5) is 17.6. The highest BCUT2D eigenvalue weighted by Gasteiger charge is 2.15. The van der Waals surface area contributed by atoms with Crippen molar-refractivity contribution in [2.45, 2.75) is 26.3 Å². The van der Waals surface area contributed by atoms with Gasteiger partial charge < -0.3 is 0 Å². The molecular formula is C12H16N2O. The van der Waals surface area contributed by atoms with Gasteiger partial charge in [-0.3, -0.25) is 14.7 Å². The zero-order valence-corrected chi connectivity index (χ0v) is 9.07. The molecule has 1 aromatic rings. The zero-order chi connectivity index (χ0) is 10.7. The van der Waals surface area contributed by atoms with Gasteiger partial charge in [-0.15, -0.1) is 0 Å². The third kappa shape index (κ3) is 2.86. The highest BCUT2D eigenvalue weighted by atomic mass is 16.1. The quantitative estimate of drug-likeness (QED) is 0.733. The van der Waals surface area contributed by atoms with Crippen molar-refractivity contribution >= 4 is 5.78 Å². The average molecular weight is 204 g/mol. The SMILES string of the molecule is Cc1ccc(CN2CCC(=O)CC2)cn1. The molecule has 0 radical (unpaired) electrons. The number of hydrogen-bond donors (Lipinski definition) is 0. The second-order valence-corrected chi connectivity index (χ2v) is 4.12. The van der Waals surface area contributed by atoms with Gasteiger partial charge in [-0.1, -0.05) is 6.07 Å². The number of rotatable bonds is 2. The lowest BCUT2D eigenvalue weighted by Gasteiger charge is -2.25. The van der Waals surface area contributed by atoms with Gasteiger partial charge in [0.15, 0.2) is 0 Å². The summed E-state index contributed by atoms with van der Waals surface area (Å²) in [5.41, 5.74) is 2.28. The molecule has 2 rings (SSSR count). The first-order chi connectivity index (χ1) is 7.24. The molecule has 3 heteroatoms. The van der Waals surface area contributed by atoms with Crippen molar-refractivity contribution < 1.29 is 4.79 Å². The number of aromatic nitrogens is 1. The van der Waals surface area contributed by atoms with Crippen LogP contribution in [0.3, 0.4) is 0 Å². The van der Waals surface area contributed by atoms with Crippen molar-refractivity contribution in [1.82, 2.24) is 9.88 Å². The second-order valence-electron chi connectivity index (χ2n) is 4.12. The molecule has 0 spiro atoms.